The van der Waals surface area contributed by atoms with E-state index >= 15 is 0 Å². The molecule has 1 amide bonds. The van der Waals surface area contributed by atoms with Gasteiger partial charge < -0.3 is 30.9 Å². The normalized spacial score (nSPS) is 26.7. The fraction of sp³-hybridized carbons (Fsp3) is 0.321. The number of primary amides is 1. The molecule has 0 fully saturated rings. The fourth-order valence-electron chi connectivity index (χ4n) is 6.37. The Morgan fingerprint density at radius 1 is 1.13 bits per heavy atom. The van der Waals surface area contributed by atoms with E-state index in [0.717, 1.165) is 5.56 Å². The molecule has 2 aromatic rings. The van der Waals surface area contributed by atoms with Crippen molar-refractivity contribution < 1.29 is 39.5 Å². The second-order valence-corrected chi connectivity index (χ2v) is 10.2. The first-order valence-electron chi connectivity index (χ1n) is 12.1. The van der Waals surface area contributed by atoms with Crippen LogP contribution in [0, 0.1) is 11.8 Å². The van der Waals surface area contributed by atoms with E-state index in [1.54, 1.807) is 14.1 Å². The number of nitrogens with two attached hydrogens (primary N) is 1. The molecule has 0 saturated carbocycles. The summed E-state index contributed by atoms with van der Waals surface area (Å²) in [5.74, 6) is -6.52. The Bertz CT molecular complexity index is 1460. The molecule has 0 bridgehead atoms. The van der Waals surface area contributed by atoms with Gasteiger partial charge in [-0.05, 0) is 44.5 Å². The third-order valence-electron chi connectivity index (χ3n) is 7.96. The lowest BCUT2D eigenvalue weighted by Crippen LogP contribution is -2.63. The van der Waals surface area contributed by atoms with Gasteiger partial charge in [0.1, 0.15) is 28.6 Å². The van der Waals surface area contributed by atoms with Crippen molar-refractivity contribution in [2.45, 2.75) is 24.5 Å². The SMILES string of the molecule is COc1c(-c2ccccc2)cc(O)c2c1C[C@H]1C[C@H]3[C@H](N(C)C)C(O)=C(C(N)=O)C(=O)[C@@]3(O)C(O)=C1C2=O. The minimum Gasteiger partial charge on any atom is -0.510 e. The van der Waals surface area contributed by atoms with Gasteiger partial charge in [0.25, 0.3) is 5.91 Å². The van der Waals surface area contributed by atoms with Crippen LogP contribution in [-0.4, -0.2) is 75.6 Å². The van der Waals surface area contributed by atoms with Crippen LogP contribution in [0.2, 0.25) is 0 Å². The second kappa shape index (κ2) is 8.71. The average molecular weight is 521 g/mol. The smallest absolute Gasteiger partial charge is 0.255 e. The molecule has 38 heavy (non-hydrogen) atoms. The lowest BCUT2D eigenvalue weighted by molar-refractivity contribution is -0.148. The van der Waals surface area contributed by atoms with Crippen LogP contribution in [0.25, 0.3) is 11.1 Å². The number of amides is 1. The van der Waals surface area contributed by atoms with E-state index < -0.39 is 58.0 Å². The summed E-state index contributed by atoms with van der Waals surface area (Å²) in [4.78, 5) is 40.7. The number of ketones is 2. The van der Waals surface area contributed by atoms with Crippen molar-refractivity contribution in [3.8, 4) is 22.6 Å². The Morgan fingerprint density at radius 3 is 2.37 bits per heavy atom. The number of rotatable bonds is 4. The number of aliphatic hydroxyl groups is 3. The predicted molar refractivity (Wildman–Crippen MR) is 136 cm³/mol. The van der Waals surface area contributed by atoms with Gasteiger partial charge in [0, 0.05) is 22.6 Å². The third kappa shape index (κ3) is 3.30. The summed E-state index contributed by atoms with van der Waals surface area (Å²) in [6.07, 6.45) is 0.150. The fourth-order valence-corrected chi connectivity index (χ4v) is 6.37. The molecule has 10 heteroatoms. The number of aliphatic hydroxyl groups excluding tert-OH is 2. The zero-order valence-electron chi connectivity index (χ0n) is 21.1. The Balaban J connectivity index is 1.73. The average Bonchev–Trinajstić information content (AvgIpc) is 2.86. The first kappa shape index (κ1) is 25.5. The number of methoxy groups -OCH3 is 1. The first-order valence-corrected chi connectivity index (χ1v) is 12.1. The first-order chi connectivity index (χ1) is 17.9. The maximum absolute atomic E-state index is 13.8. The summed E-state index contributed by atoms with van der Waals surface area (Å²) in [7, 11) is 4.63. The molecule has 4 atom stereocenters. The molecular formula is C28H28N2O8. The van der Waals surface area contributed by atoms with E-state index in [0.29, 0.717) is 16.9 Å². The Morgan fingerprint density at radius 2 is 1.79 bits per heavy atom. The monoisotopic (exact) mass is 520 g/mol. The van der Waals surface area contributed by atoms with E-state index in [9.17, 15) is 34.8 Å². The molecule has 0 saturated heterocycles. The number of benzene rings is 2. The number of hydrogen-bond donors (Lipinski definition) is 5. The largest absolute Gasteiger partial charge is 0.510 e. The lowest BCUT2D eigenvalue weighted by atomic mass is 9.58. The maximum atomic E-state index is 13.8. The van der Waals surface area contributed by atoms with Gasteiger partial charge in [0.05, 0.1) is 18.7 Å². The number of ether oxygens (including phenoxy) is 1. The van der Waals surface area contributed by atoms with Gasteiger partial charge in [0.15, 0.2) is 11.4 Å². The molecule has 6 N–H and O–H groups in total. The van der Waals surface area contributed by atoms with Crippen LogP contribution in [0.3, 0.4) is 0 Å². The molecular weight excluding hydrogens is 492 g/mol. The van der Waals surface area contributed by atoms with Crippen LogP contribution in [-0.2, 0) is 16.0 Å². The molecule has 0 aliphatic heterocycles. The van der Waals surface area contributed by atoms with Gasteiger partial charge in [-0.2, -0.15) is 0 Å². The minimum absolute atomic E-state index is 0.00520. The summed E-state index contributed by atoms with van der Waals surface area (Å²) >= 11 is 0. The van der Waals surface area contributed by atoms with Crippen molar-refractivity contribution in [2.24, 2.45) is 17.6 Å². The lowest BCUT2D eigenvalue weighted by Gasteiger charge is -2.50. The topological polar surface area (TPSA) is 171 Å². The van der Waals surface area contributed by atoms with Crippen molar-refractivity contribution >= 4 is 17.5 Å². The Hall–Kier alpha value is -4.15. The van der Waals surface area contributed by atoms with Crippen molar-refractivity contribution in [3.05, 3.63) is 70.2 Å². The van der Waals surface area contributed by atoms with Gasteiger partial charge in [-0.25, -0.2) is 0 Å². The minimum atomic E-state index is -2.67. The van der Waals surface area contributed by atoms with Gasteiger partial charge in [0.2, 0.25) is 5.78 Å². The molecule has 0 spiro atoms. The summed E-state index contributed by atoms with van der Waals surface area (Å²) in [6, 6.07) is 9.55. The predicted octanol–water partition coefficient (Wildman–Crippen LogP) is 1.80. The van der Waals surface area contributed by atoms with E-state index in [4.69, 9.17) is 10.5 Å². The molecule has 2 aromatic carbocycles. The number of nitrogens with zero attached hydrogens (tertiary/aromatic N) is 1. The maximum Gasteiger partial charge on any atom is 0.255 e. The Labute approximate surface area is 218 Å². The van der Waals surface area contributed by atoms with Gasteiger partial charge in [-0.1, -0.05) is 30.3 Å². The Kier molecular flexibility index (Phi) is 5.85. The quantitative estimate of drug-likeness (QED) is 0.377. The second-order valence-electron chi connectivity index (χ2n) is 10.2. The zero-order chi connectivity index (χ0) is 27.7. The number of hydrogen-bond acceptors (Lipinski definition) is 9. The number of aromatic hydroxyl groups is 1. The van der Waals surface area contributed by atoms with Crippen molar-refractivity contribution in [2.75, 3.05) is 21.2 Å². The molecule has 5 rings (SSSR count). The van der Waals surface area contributed by atoms with Crippen LogP contribution in [0.5, 0.6) is 11.5 Å². The van der Waals surface area contributed by atoms with Crippen molar-refractivity contribution in [3.63, 3.8) is 0 Å². The van der Waals surface area contributed by atoms with Gasteiger partial charge >= 0.3 is 0 Å². The van der Waals surface area contributed by atoms with Crippen LogP contribution in [0.15, 0.2) is 59.1 Å². The number of phenolic OH excluding ortho intramolecular Hbond substituents is 1. The highest BCUT2D eigenvalue weighted by molar-refractivity contribution is 6.24. The van der Waals surface area contributed by atoms with Crippen molar-refractivity contribution in [1.29, 1.82) is 0 Å². The van der Waals surface area contributed by atoms with Crippen LogP contribution >= 0.6 is 0 Å². The highest BCUT2D eigenvalue weighted by Gasteiger charge is 2.63. The zero-order valence-corrected chi connectivity index (χ0v) is 21.1. The number of Topliss-reactive ketones (excluding diaryl/α,β-unsaturated/α-hetero) is 2. The van der Waals surface area contributed by atoms with Crippen molar-refractivity contribution in [1.82, 2.24) is 4.90 Å². The summed E-state index contributed by atoms with van der Waals surface area (Å²) in [6.45, 7) is 0. The summed E-state index contributed by atoms with van der Waals surface area (Å²) < 4.78 is 5.72. The van der Waals surface area contributed by atoms with Gasteiger partial charge in [-0.15, -0.1) is 0 Å². The summed E-state index contributed by atoms with van der Waals surface area (Å²) in [5.41, 5.74) is 3.31. The van der Waals surface area contributed by atoms with E-state index in [2.05, 4.69) is 0 Å². The van der Waals surface area contributed by atoms with Gasteiger partial charge in [-0.3, -0.25) is 19.3 Å². The van der Waals surface area contributed by atoms with E-state index in [1.807, 2.05) is 30.3 Å². The molecule has 0 aromatic heterocycles. The van der Waals surface area contributed by atoms with E-state index in [1.165, 1.54) is 18.1 Å². The molecule has 0 radical (unpaired) electrons. The van der Waals surface area contributed by atoms with Crippen LogP contribution < -0.4 is 10.5 Å². The highest BCUT2D eigenvalue weighted by atomic mass is 16.5. The third-order valence-corrected chi connectivity index (χ3v) is 7.96. The summed E-state index contributed by atoms with van der Waals surface area (Å²) in [5, 5.41) is 44.9. The highest BCUT2D eigenvalue weighted by Crippen LogP contribution is 2.54. The molecule has 0 heterocycles. The number of allylic oxidation sites excluding steroid dienone is 1. The molecule has 198 valence electrons. The molecule has 3 aliphatic carbocycles. The molecule has 10 nitrogen and oxygen atoms in total. The standard InChI is InChI=1S/C28H28N2O8/c1-30(2)21-16-10-13-9-15-19(17(31)11-14(24(15)38-3)12-7-5-4-6-8-12)22(32)18(13)25(34)28(16,37)26(35)20(23(21)33)27(29)36/h4-8,11,13,16,21,31,33-34,37H,9-10H2,1-3H3,(H2,29,36)/t13-,16-,21-,28-/m0/s1. The molecule has 0 unspecified atom stereocenters. The number of phenols is 1. The van der Waals surface area contributed by atoms with E-state index in [-0.39, 0.29) is 29.7 Å². The van der Waals surface area contributed by atoms with Crippen LogP contribution in [0.4, 0.5) is 0 Å². The number of fused-ring (bicyclic) bond motifs is 3. The number of carbonyl (C=O) groups is 3. The number of likely N-dealkylation sites (N-methyl/N-ethyl adjacent to an activating group) is 1. The molecule has 3 aliphatic rings. The number of carbonyl (C=O) groups excluding carboxylic acids is 3. The van der Waals surface area contributed by atoms with Crippen LogP contribution in [0.1, 0.15) is 22.3 Å².